The zero-order chi connectivity index (χ0) is 28.3. The highest BCUT2D eigenvalue weighted by atomic mass is 19.1. The second kappa shape index (κ2) is 11.8. The van der Waals surface area contributed by atoms with E-state index < -0.39 is 17.6 Å². The fourth-order valence-electron chi connectivity index (χ4n) is 5.40. The van der Waals surface area contributed by atoms with E-state index >= 15 is 0 Å². The molecule has 3 N–H and O–H groups in total. The van der Waals surface area contributed by atoms with Gasteiger partial charge in [-0.1, -0.05) is 36.4 Å². The number of β-lactam (4-membered cyclic amide) rings is 1. The number of hydrogen-bond acceptors (Lipinski definition) is 5. The van der Waals surface area contributed by atoms with Crippen LogP contribution in [0, 0.1) is 17.6 Å². The van der Waals surface area contributed by atoms with Crippen LogP contribution in [0.2, 0.25) is 0 Å². The molecule has 5 rings (SSSR count). The van der Waals surface area contributed by atoms with Gasteiger partial charge in [-0.2, -0.15) is 0 Å². The third-order valence-corrected chi connectivity index (χ3v) is 7.77. The number of ether oxygens (including phenoxy) is 2. The third kappa shape index (κ3) is 6.06. The first-order valence-corrected chi connectivity index (χ1v) is 13.4. The number of amides is 2. The van der Waals surface area contributed by atoms with E-state index in [9.17, 15) is 23.5 Å². The molecule has 40 heavy (non-hydrogen) atoms. The third-order valence-electron chi connectivity index (χ3n) is 7.77. The number of benzene rings is 3. The van der Waals surface area contributed by atoms with Gasteiger partial charge in [0.2, 0.25) is 11.8 Å². The summed E-state index contributed by atoms with van der Waals surface area (Å²) in [4.78, 5) is 26.1. The molecule has 2 heterocycles. The van der Waals surface area contributed by atoms with Gasteiger partial charge in [-0.05, 0) is 78.8 Å². The van der Waals surface area contributed by atoms with Crippen molar-refractivity contribution in [2.45, 2.75) is 43.4 Å². The maximum Gasteiger partial charge on any atom is 0.243 e. The summed E-state index contributed by atoms with van der Waals surface area (Å²) >= 11 is 0. The number of rotatable bonds is 12. The molecular weight excluding hydrogens is 518 g/mol. The second-order valence-corrected chi connectivity index (χ2v) is 10.6. The summed E-state index contributed by atoms with van der Waals surface area (Å²) in [6.45, 7) is 0.690. The van der Waals surface area contributed by atoms with Gasteiger partial charge in [-0.15, -0.1) is 0 Å². The number of aliphatic hydroxyl groups excluding tert-OH is 1. The van der Waals surface area contributed by atoms with Crippen molar-refractivity contribution in [2.75, 3.05) is 24.7 Å². The van der Waals surface area contributed by atoms with E-state index in [4.69, 9.17) is 15.2 Å². The molecule has 7 nitrogen and oxygen atoms in total. The molecule has 210 valence electrons. The topological polar surface area (TPSA) is 102 Å². The Morgan fingerprint density at radius 1 is 1.02 bits per heavy atom. The van der Waals surface area contributed by atoms with E-state index in [0.29, 0.717) is 50.1 Å². The van der Waals surface area contributed by atoms with Crippen molar-refractivity contribution in [2.24, 2.45) is 11.7 Å². The summed E-state index contributed by atoms with van der Waals surface area (Å²) in [6.07, 6.45) is 1.33. The Morgan fingerprint density at radius 2 is 1.65 bits per heavy atom. The highest BCUT2D eigenvalue weighted by Gasteiger charge is 2.48. The lowest BCUT2D eigenvalue weighted by Crippen LogP contribution is -2.55. The minimum Gasteiger partial charge on any atom is -0.388 e. The summed E-state index contributed by atoms with van der Waals surface area (Å²) in [5, 5.41) is 10.7. The molecular formula is C31H32F2N2O5. The van der Waals surface area contributed by atoms with Gasteiger partial charge in [-0.25, -0.2) is 8.78 Å². The van der Waals surface area contributed by atoms with Crippen molar-refractivity contribution in [3.8, 4) is 0 Å². The van der Waals surface area contributed by atoms with Gasteiger partial charge in [0.25, 0.3) is 0 Å². The normalized spacial score (nSPS) is 20.5. The van der Waals surface area contributed by atoms with Crippen LogP contribution in [0.3, 0.4) is 0 Å². The lowest BCUT2D eigenvalue weighted by atomic mass is 9.78. The predicted molar refractivity (Wildman–Crippen MR) is 144 cm³/mol. The number of primary amides is 1. The van der Waals surface area contributed by atoms with Gasteiger partial charge in [0.15, 0.2) is 0 Å². The highest BCUT2D eigenvalue weighted by Crippen LogP contribution is 2.46. The molecule has 2 aliphatic heterocycles. The average Bonchev–Trinajstić information content (AvgIpc) is 2.92. The zero-order valence-corrected chi connectivity index (χ0v) is 22.0. The lowest BCUT2D eigenvalue weighted by molar-refractivity contribution is -0.211. The monoisotopic (exact) mass is 550 g/mol. The number of nitrogens with two attached hydrogens (primary N) is 1. The van der Waals surface area contributed by atoms with Crippen molar-refractivity contribution in [1.29, 1.82) is 0 Å². The number of halogens is 2. The Hall–Kier alpha value is -3.66. The van der Waals surface area contributed by atoms with Crippen LogP contribution in [-0.2, 0) is 25.5 Å². The molecule has 2 aliphatic rings. The molecule has 3 aromatic carbocycles. The Kier molecular flexibility index (Phi) is 8.25. The van der Waals surface area contributed by atoms with Gasteiger partial charge in [-0.3, -0.25) is 9.59 Å². The summed E-state index contributed by atoms with van der Waals surface area (Å²) in [6, 6.07) is 19.2. The largest absolute Gasteiger partial charge is 0.388 e. The number of nitrogens with zero attached hydrogens (tertiary/aromatic N) is 1. The number of carbonyl (C=O) groups is 2. The first-order chi connectivity index (χ1) is 19.2. The van der Waals surface area contributed by atoms with Crippen LogP contribution in [0.1, 0.15) is 48.1 Å². The SMILES string of the molecule is NC(=O)COC1(CCc2ccc([C@@H]3[C@@H](CC[C@H](O)c4ccc(F)cc4)C(=O)N3c3ccc(F)cc3)cc2)COC1. The summed E-state index contributed by atoms with van der Waals surface area (Å²) in [7, 11) is 0. The Labute approximate surface area is 231 Å². The van der Waals surface area contributed by atoms with Crippen LogP contribution < -0.4 is 10.6 Å². The Morgan fingerprint density at radius 3 is 2.23 bits per heavy atom. The van der Waals surface area contributed by atoms with Gasteiger partial charge in [0, 0.05) is 5.69 Å². The minimum atomic E-state index is -0.823. The van der Waals surface area contributed by atoms with Crippen molar-refractivity contribution < 1.29 is 33.0 Å². The van der Waals surface area contributed by atoms with E-state index in [0.717, 1.165) is 11.1 Å². The van der Waals surface area contributed by atoms with Crippen LogP contribution in [0.15, 0.2) is 72.8 Å². The van der Waals surface area contributed by atoms with E-state index in [1.54, 1.807) is 29.2 Å². The standard InChI is InChI=1S/C31H32F2N2O5/c32-23-7-5-21(6-8-23)27(36)14-13-26-29(35(30(26)38)25-11-9-24(33)10-12-25)22-3-1-20(2-4-22)15-16-31(18-39-19-31)40-17-28(34)37/h1-12,26-27,29,36H,13-19H2,(H2,34,37)/t26-,27+,29-/m1/s1. The first kappa shape index (κ1) is 27.9. The average molecular weight is 551 g/mol. The van der Waals surface area contributed by atoms with Crippen LogP contribution in [0.25, 0.3) is 0 Å². The zero-order valence-electron chi connectivity index (χ0n) is 22.0. The molecule has 0 aliphatic carbocycles. The second-order valence-electron chi connectivity index (χ2n) is 10.6. The van der Waals surface area contributed by atoms with Crippen molar-refractivity contribution in [3.05, 3.63) is 101 Å². The molecule has 0 unspecified atom stereocenters. The summed E-state index contributed by atoms with van der Waals surface area (Å²) in [5.41, 5.74) is 7.92. The smallest absolute Gasteiger partial charge is 0.243 e. The first-order valence-electron chi connectivity index (χ1n) is 13.4. The molecule has 0 spiro atoms. The molecule has 0 bridgehead atoms. The summed E-state index contributed by atoms with van der Waals surface area (Å²) < 4.78 is 37.9. The van der Waals surface area contributed by atoms with Gasteiger partial charge in [0.05, 0.1) is 31.3 Å². The van der Waals surface area contributed by atoms with Crippen LogP contribution >= 0.6 is 0 Å². The number of aliphatic hydroxyl groups is 1. The molecule has 0 aromatic heterocycles. The maximum atomic E-state index is 13.6. The van der Waals surface area contributed by atoms with E-state index in [1.807, 2.05) is 24.3 Å². The fourth-order valence-corrected chi connectivity index (χ4v) is 5.40. The van der Waals surface area contributed by atoms with Gasteiger partial charge in [0.1, 0.15) is 23.8 Å². The number of aryl methyl sites for hydroxylation is 1. The fraction of sp³-hybridized carbons (Fsp3) is 0.355. The van der Waals surface area contributed by atoms with Crippen LogP contribution in [0.5, 0.6) is 0 Å². The number of anilines is 1. The predicted octanol–water partition coefficient (Wildman–Crippen LogP) is 4.39. The van der Waals surface area contributed by atoms with Crippen LogP contribution in [0.4, 0.5) is 14.5 Å². The number of hydrogen-bond donors (Lipinski definition) is 2. The molecule has 0 saturated carbocycles. The quantitative estimate of drug-likeness (QED) is 0.326. The lowest BCUT2D eigenvalue weighted by Gasteiger charge is -2.48. The molecule has 0 radical (unpaired) electrons. The summed E-state index contributed by atoms with van der Waals surface area (Å²) in [5.74, 6) is -1.74. The van der Waals surface area contributed by atoms with E-state index in [2.05, 4.69) is 0 Å². The Bertz CT molecular complexity index is 1330. The highest BCUT2D eigenvalue weighted by molar-refractivity contribution is 6.03. The molecule has 2 fully saturated rings. The van der Waals surface area contributed by atoms with Gasteiger partial charge < -0.3 is 25.2 Å². The Balaban J connectivity index is 1.29. The number of carbonyl (C=O) groups excluding carboxylic acids is 2. The molecule has 9 heteroatoms. The minimum absolute atomic E-state index is 0.0921. The van der Waals surface area contributed by atoms with E-state index in [-0.39, 0.29) is 36.1 Å². The molecule has 3 atom stereocenters. The van der Waals surface area contributed by atoms with E-state index in [1.165, 1.54) is 24.3 Å². The molecule has 2 amide bonds. The van der Waals surface area contributed by atoms with Crippen molar-refractivity contribution in [1.82, 2.24) is 0 Å². The molecule has 2 saturated heterocycles. The van der Waals surface area contributed by atoms with Crippen molar-refractivity contribution in [3.63, 3.8) is 0 Å². The van der Waals surface area contributed by atoms with Crippen LogP contribution in [-0.4, -0.2) is 42.3 Å². The molecule has 3 aromatic rings. The maximum absolute atomic E-state index is 13.6. The van der Waals surface area contributed by atoms with Gasteiger partial charge >= 0.3 is 0 Å². The van der Waals surface area contributed by atoms with Crippen molar-refractivity contribution >= 4 is 17.5 Å².